The average Bonchev–Trinajstić information content (AvgIpc) is 2.62. The summed E-state index contributed by atoms with van der Waals surface area (Å²) in [7, 11) is -3.20. The first-order valence-electron chi connectivity index (χ1n) is 7.98. The largest absolute Gasteiger partial charge is 0.368 e. The Balaban J connectivity index is 1.79. The van der Waals surface area contributed by atoms with Crippen molar-refractivity contribution in [3.05, 3.63) is 54.6 Å². The molecule has 3 rings (SSSR count). The van der Waals surface area contributed by atoms with Gasteiger partial charge in [-0.15, -0.1) is 0 Å². The molecule has 1 aliphatic rings. The van der Waals surface area contributed by atoms with Gasteiger partial charge in [0.15, 0.2) is 9.84 Å². The van der Waals surface area contributed by atoms with Gasteiger partial charge in [-0.1, -0.05) is 37.3 Å². The van der Waals surface area contributed by atoms with Crippen molar-refractivity contribution in [2.45, 2.75) is 11.8 Å². The highest BCUT2D eigenvalue weighted by molar-refractivity contribution is 7.91. The number of hydrogen-bond acceptors (Lipinski definition) is 4. The van der Waals surface area contributed by atoms with Crippen LogP contribution in [0.15, 0.2) is 59.5 Å². The summed E-state index contributed by atoms with van der Waals surface area (Å²) < 4.78 is 24.6. The molecule has 0 aliphatic carbocycles. The lowest BCUT2D eigenvalue weighted by atomic mass is 10.2. The molecular formula is C18H22N2O2S. The predicted molar refractivity (Wildman–Crippen MR) is 95.0 cm³/mol. The second kappa shape index (κ2) is 6.62. The van der Waals surface area contributed by atoms with Gasteiger partial charge in [-0.25, -0.2) is 8.42 Å². The SMILES string of the molecule is CCS(=O)(=O)c1ccccc1N1CCN(c2ccccc2)CC1. The first kappa shape index (κ1) is 15.9. The van der Waals surface area contributed by atoms with Crippen molar-refractivity contribution in [3.8, 4) is 0 Å². The third-order valence-electron chi connectivity index (χ3n) is 4.32. The van der Waals surface area contributed by atoms with E-state index in [0.717, 1.165) is 31.9 Å². The maximum Gasteiger partial charge on any atom is 0.180 e. The summed E-state index contributed by atoms with van der Waals surface area (Å²) >= 11 is 0. The maximum absolute atomic E-state index is 12.3. The van der Waals surface area contributed by atoms with Gasteiger partial charge in [-0.2, -0.15) is 0 Å². The quantitative estimate of drug-likeness (QED) is 0.864. The fourth-order valence-corrected chi connectivity index (χ4v) is 4.09. The second-order valence-electron chi connectivity index (χ2n) is 5.68. The molecule has 0 saturated carbocycles. The molecule has 5 heteroatoms. The highest BCUT2D eigenvalue weighted by Crippen LogP contribution is 2.27. The molecule has 0 atom stereocenters. The van der Waals surface area contributed by atoms with E-state index >= 15 is 0 Å². The second-order valence-corrected chi connectivity index (χ2v) is 7.93. The lowest BCUT2D eigenvalue weighted by Gasteiger charge is -2.38. The Labute approximate surface area is 138 Å². The molecule has 2 aromatic carbocycles. The third-order valence-corrected chi connectivity index (χ3v) is 6.10. The minimum Gasteiger partial charge on any atom is -0.368 e. The Bertz CT molecular complexity index is 752. The molecule has 122 valence electrons. The topological polar surface area (TPSA) is 40.6 Å². The van der Waals surface area contributed by atoms with Crippen molar-refractivity contribution in [1.82, 2.24) is 0 Å². The monoisotopic (exact) mass is 330 g/mol. The van der Waals surface area contributed by atoms with Crippen LogP contribution in [0.5, 0.6) is 0 Å². The van der Waals surface area contributed by atoms with Crippen LogP contribution in [0.2, 0.25) is 0 Å². The van der Waals surface area contributed by atoms with Gasteiger partial charge in [0.25, 0.3) is 0 Å². The standard InChI is InChI=1S/C18H22N2O2S/c1-2-23(21,22)18-11-7-6-10-17(18)20-14-12-19(13-15-20)16-8-4-3-5-9-16/h3-11H,2,12-15H2,1H3. The highest BCUT2D eigenvalue weighted by Gasteiger charge is 2.23. The Kier molecular flexibility index (Phi) is 4.57. The lowest BCUT2D eigenvalue weighted by Crippen LogP contribution is -2.46. The number of sulfone groups is 1. The van der Waals surface area contributed by atoms with Crippen LogP contribution in [-0.4, -0.2) is 40.3 Å². The van der Waals surface area contributed by atoms with Crippen molar-refractivity contribution < 1.29 is 8.42 Å². The number of rotatable bonds is 4. The van der Waals surface area contributed by atoms with Crippen LogP contribution < -0.4 is 9.80 Å². The summed E-state index contributed by atoms with van der Waals surface area (Å²) in [6, 6.07) is 17.7. The van der Waals surface area contributed by atoms with Gasteiger partial charge in [0, 0.05) is 31.9 Å². The number of nitrogens with zero attached hydrogens (tertiary/aromatic N) is 2. The zero-order chi connectivity index (χ0) is 16.3. The highest BCUT2D eigenvalue weighted by atomic mass is 32.2. The minimum absolute atomic E-state index is 0.133. The van der Waals surface area contributed by atoms with Crippen LogP contribution in [0, 0.1) is 0 Å². The molecular weight excluding hydrogens is 308 g/mol. The zero-order valence-electron chi connectivity index (χ0n) is 13.4. The van der Waals surface area contributed by atoms with Crippen LogP contribution in [0.25, 0.3) is 0 Å². The van der Waals surface area contributed by atoms with E-state index in [-0.39, 0.29) is 5.75 Å². The normalized spacial score (nSPS) is 15.7. The molecule has 1 fully saturated rings. The Morgan fingerprint density at radius 3 is 2.04 bits per heavy atom. The van der Waals surface area contributed by atoms with Crippen LogP contribution >= 0.6 is 0 Å². The molecule has 0 bridgehead atoms. The molecule has 1 aliphatic heterocycles. The van der Waals surface area contributed by atoms with Crippen molar-refractivity contribution >= 4 is 21.2 Å². The van der Waals surface area contributed by atoms with E-state index in [4.69, 9.17) is 0 Å². The Hall–Kier alpha value is -2.01. The van der Waals surface area contributed by atoms with Crippen molar-refractivity contribution in [3.63, 3.8) is 0 Å². The van der Waals surface area contributed by atoms with Gasteiger partial charge in [-0.3, -0.25) is 0 Å². The van der Waals surface area contributed by atoms with E-state index in [1.807, 2.05) is 30.3 Å². The first-order chi connectivity index (χ1) is 11.1. The van der Waals surface area contributed by atoms with Crippen molar-refractivity contribution in [2.24, 2.45) is 0 Å². The fourth-order valence-electron chi connectivity index (χ4n) is 2.98. The number of benzene rings is 2. The molecule has 0 spiro atoms. The molecule has 1 heterocycles. The van der Waals surface area contributed by atoms with Crippen molar-refractivity contribution in [2.75, 3.05) is 41.7 Å². The van der Waals surface area contributed by atoms with Crippen LogP contribution in [0.3, 0.4) is 0 Å². The lowest BCUT2D eigenvalue weighted by molar-refractivity contribution is 0.595. The van der Waals surface area contributed by atoms with Crippen LogP contribution in [0.4, 0.5) is 11.4 Å². The number of anilines is 2. The van der Waals surface area contributed by atoms with E-state index in [9.17, 15) is 8.42 Å². The van der Waals surface area contributed by atoms with E-state index < -0.39 is 9.84 Å². The maximum atomic E-state index is 12.3. The molecule has 0 N–H and O–H groups in total. The summed E-state index contributed by atoms with van der Waals surface area (Å²) in [5.74, 6) is 0.133. The minimum atomic E-state index is -3.20. The average molecular weight is 330 g/mol. The fraction of sp³-hybridized carbons (Fsp3) is 0.333. The molecule has 23 heavy (non-hydrogen) atoms. The molecule has 0 unspecified atom stereocenters. The van der Waals surface area contributed by atoms with E-state index in [2.05, 4.69) is 21.9 Å². The predicted octanol–water partition coefficient (Wildman–Crippen LogP) is 2.81. The number of para-hydroxylation sites is 2. The van der Waals surface area contributed by atoms with Gasteiger partial charge in [0.1, 0.15) is 0 Å². The smallest absolute Gasteiger partial charge is 0.180 e. The van der Waals surface area contributed by atoms with E-state index in [1.165, 1.54) is 5.69 Å². The molecule has 0 radical (unpaired) electrons. The molecule has 1 saturated heterocycles. The van der Waals surface area contributed by atoms with E-state index in [0.29, 0.717) is 4.90 Å². The summed E-state index contributed by atoms with van der Waals surface area (Å²) in [4.78, 5) is 4.98. The van der Waals surface area contributed by atoms with Gasteiger partial charge in [0.2, 0.25) is 0 Å². The van der Waals surface area contributed by atoms with E-state index in [1.54, 1.807) is 19.1 Å². The first-order valence-corrected chi connectivity index (χ1v) is 9.64. The zero-order valence-corrected chi connectivity index (χ0v) is 14.2. The summed E-state index contributed by atoms with van der Waals surface area (Å²) in [6.45, 7) is 5.13. The molecule has 0 aromatic heterocycles. The van der Waals surface area contributed by atoms with Gasteiger partial charge in [-0.05, 0) is 24.3 Å². The molecule has 0 amide bonds. The molecule has 4 nitrogen and oxygen atoms in total. The van der Waals surface area contributed by atoms with Crippen molar-refractivity contribution in [1.29, 1.82) is 0 Å². The number of piperazine rings is 1. The summed E-state index contributed by atoms with van der Waals surface area (Å²) in [6.07, 6.45) is 0. The third kappa shape index (κ3) is 3.34. The Morgan fingerprint density at radius 2 is 1.39 bits per heavy atom. The molecule has 2 aromatic rings. The van der Waals surface area contributed by atoms with Gasteiger partial charge in [0.05, 0.1) is 16.3 Å². The van der Waals surface area contributed by atoms with Crippen LogP contribution in [0.1, 0.15) is 6.92 Å². The number of hydrogen-bond donors (Lipinski definition) is 0. The van der Waals surface area contributed by atoms with Gasteiger partial charge >= 0.3 is 0 Å². The Morgan fingerprint density at radius 1 is 0.826 bits per heavy atom. The summed E-state index contributed by atoms with van der Waals surface area (Å²) in [5, 5.41) is 0. The van der Waals surface area contributed by atoms with Gasteiger partial charge < -0.3 is 9.80 Å². The summed E-state index contributed by atoms with van der Waals surface area (Å²) in [5.41, 5.74) is 2.06. The van der Waals surface area contributed by atoms with Crippen LogP contribution in [-0.2, 0) is 9.84 Å².